The Labute approximate surface area is 81.4 Å². The van der Waals surface area contributed by atoms with Gasteiger partial charge in [0, 0.05) is 18.9 Å². The summed E-state index contributed by atoms with van der Waals surface area (Å²) in [6.07, 6.45) is 3.54. The highest BCUT2D eigenvalue weighted by atomic mass is 16.4. The standard InChI is InChI=1S/C9H14N2O3/c1-3-9(2,7(12)13)6-11-5-4-10-8(11)14/h4-5H,3,6H2,1-2H3,(H,10,14)(H,12,13). The third-order valence-electron chi connectivity index (χ3n) is 2.54. The number of carbonyl (C=O) groups is 1. The fourth-order valence-corrected chi connectivity index (χ4v) is 1.18. The quantitative estimate of drug-likeness (QED) is 0.746. The van der Waals surface area contributed by atoms with Crippen LogP contribution in [0.25, 0.3) is 0 Å². The van der Waals surface area contributed by atoms with Crippen LogP contribution in [0.5, 0.6) is 0 Å². The topological polar surface area (TPSA) is 75.1 Å². The SMILES string of the molecule is CCC(C)(Cn1cc[nH]c1=O)C(=O)O. The summed E-state index contributed by atoms with van der Waals surface area (Å²) >= 11 is 0. The minimum Gasteiger partial charge on any atom is -0.481 e. The van der Waals surface area contributed by atoms with Crippen LogP contribution in [0.4, 0.5) is 0 Å². The van der Waals surface area contributed by atoms with Gasteiger partial charge in [-0.15, -0.1) is 0 Å². The van der Waals surface area contributed by atoms with Gasteiger partial charge in [-0.1, -0.05) is 6.92 Å². The zero-order valence-electron chi connectivity index (χ0n) is 8.28. The Bertz CT molecular complexity index is 379. The van der Waals surface area contributed by atoms with E-state index in [0.29, 0.717) is 6.42 Å². The normalized spacial score (nSPS) is 15.0. The summed E-state index contributed by atoms with van der Waals surface area (Å²) in [7, 11) is 0. The van der Waals surface area contributed by atoms with Crippen LogP contribution in [0.1, 0.15) is 20.3 Å². The molecule has 0 amide bonds. The second-order valence-corrected chi connectivity index (χ2v) is 3.61. The molecule has 0 saturated carbocycles. The molecule has 1 heterocycles. The lowest BCUT2D eigenvalue weighted by atomic mass is 9.88. The van der Waals surface area contributed by atoms with Crippen molar-refractivity contribution in [1.82, 2.24) is 9.55 Å². The lowest BCUT2D eigenvalue weighted by Gasteiger charge is -2.22. The third-order valence-corrected chi connectivity index (χ3v) is 2.54. The Morgan fingerprint density at radius 2 is 2.36 bits per heavy atom. The van der Waals surface area contributed by atoms with Crippen LogP contribution < -0.4 is 5.69 Å². The largest absolute Gasteiger partial charge is 0.481 e. The fourth-order valence-electron chi connectivity index (χ4n) is 1.18. The zero-order valence-corrected chi connectivity index (χ0v) is 8.28. The molecule has 1 aromatic heterocycles. The molecule has 5 nitrogen and oxygen atoms in total. The van der Waals surface area contributed by atoms with Crippen LogP contribution in [0.2, 0.25) is 0 Å². The number of carboxylic acids is 1. The molecule has 0 aromatic carbocycles. The van der Waals surface area contributed by atoms with E-state index in [1.54, 1.807) is 20.0 Å². The molecule has 14 heavy (non-hydrogen) atoms. The van der Waals surface area contributed by atoms with E-state index in [9.17, 15) is 9.59 Å². The molecule has 78 valence electrons. The van der Waals surface area contributed by atoms with Crippen molar-refractivity contribution in [2.75, 3.05) is 0 Å². The summed E-state index contributed by atoms with van der Waals surface area (Å²) in [6.45, 7) is 3.63. The monoisotopic (exact) mass is 198 g/mol. The number of hydrogen-bond acceptors (Lipinski definition) is 2. The summed E-state index contributed by atoms with van der Waals surface area (Å²) in [4.78, 5) is 24.6. The molecule has 1 atom stereocenters. The van der Waals surface area contributed by atoms with Gasteiger partial charge in [0.25, 0.3) is 0 Å². The number of imidazole rings is 1. The number of nitrogens with zero attached hydrogens (tertiary/aromatic N) is 1. The second kappa shape index (κ2) is 3.69. The van der Waals surface area contributed by atoms with Crippen molar-refractivity contribution in [2.45, 2.75) is 26.8 Å². The Morgan fingerprint density at radius 3 is 2.71 bits per heavy atom. The van der Waals surface area contributed by atoms with Gasteiger partial charge in [-0.2, -0.15) is 0 Å². The summed E-state index contributed by atoms with van der Waals surface area (Å²) in [5.74, 6) is -0.881. The molecule has 5 heteroatoms. The predicted octanol–water partition coefficient (Wildman–Crippen LogP) is 0.677. The first-order chi connectivity index (χ1) is 6.49. The molecule has 0 spiro atoms. The predicted molar refractivity (Wildman–Crippen MR) is 51.1 cm³/mol. The van der Waals surface area contributed by atoms with Crippen LogP contribution in [0, 0.1) is 5.41 Å². The number of aromatic amines is 1. The first-order valence-corrected chi connectivity index (χ1v) is 4.47. The maximum Gasteiger partial charge on any atom is 0.325 e. The van der Waals surface area contributed by atoms with Crippen LogP contribution in [-0.4, -0.2) is 20.6 Å². The van der Waals surface area contributed by atoms with Gasteiger partial charge in [-0.3, -0.25) is 9.36 Å². The van der Waals surface area contributed by atoms with E-state index in [4.69, 9.17) is 5.11 Å². The average Bonchev–Trinajstić information content (AvgIpc) is 2.51. The third kappa shape index (κ3) is 1.86. The van der Waals surface area contributed by atoms with Gasteiger partial charge >= 0.3 is 11.7 Å². The van der Waals surface area contributed by atoms with Crippen molar-refractivity contribution < 1.29 is 9.90 Å². The molecule has 1 aromatic rings. The highest BCUT2D eigenvalue weighted by Crippen LogP contribution is 2.22. The van der Waals surface area contributed by atoms with E-state index in [0.717, 1.165) is 0 Å². The number of H-pyrrole nitrogens is 1. The molecular formula is C9H14N2O3. The molecular weight excluding hydrogens is 184 g/mol. The van der Waals surface area contributed by atoms with Crippen LogP contribution in [0.3, 0.4) is 0 Å². The number of nitrogens with one attached hydrogen (secondary N) is 1. The molecule has 1 rings (SSSR count). The Hall–Kier alpha value is -1.52. The fraction of sp³-hybridized carbons (Fsp3) is 0.556. The summed E-state index contributed by atoms with van der Waals surface area (Å²) in [5, 5.41) is 9.00. The molecule has 0 fully saturated rings. The van der Waals surface area contributed by atoms with Crippen LogP contribution in [0.15, 0.2) is 17.2 Å². The van der Waals surface area contributed by atoms with Gasteiger partial charge in [-0.25, -0.2) is 4.79 Å². The molecule has 1 unspecified atom stereocenters. The second-order valence-electron chi connectivity index (χ2n) is 3.61. The van der Waals surface area contributed by atoms with Crippen molar-refractivity contribution in [3.8, 4) is 0 Å². The van der Waals surface area contributed by atoms with Gasteiger partial charge in [0.05, 0.1) is 5.41 Å². The van der Waals surface area contributed by atoms with E-state index in [2.05, 4.69) is 4.98 Å². The van der Waals surface area contributed by atoms with Crippen molar-refractivity contribution in [3.63, 3.8) is 0 Å². The highest BCUT2D eigenvalue weighted by Gasteiger charge is 2.31. The van der Waals surface area contributed by atoms with Crippen molar-refractivity contribution in [2.24, 2.45) is 5.41 Å². The number of carboxylic acid groups (broad SMARTS) is 1. The molecule has 0 aliphatic carbocycles. The van der Waals surface area contributed by atoms with Gasteiger partial charge < -0.3 is 10.1 Å². The highest BCUT2D eigenvalue weighted by molar-refractivity contribution is 5.73. The smallest absolute Gasteiger partial charge is 0.325 e. The summed E-state index contributed by atoms with van der Waals surface area (Å²) in [5.41, 5.74) is -1.16. The molecule has 0 radical (unpaired) electrons. The number of aromatic nitrogens is 2. The number of aliphatic carboxylic acids is 1. The van der Waals surface area contributed by atoms with E-state index < -0.39 is 11.4 Å². The van der Waals surface area contributed by atoms with Gasteiger partial charge in [0.2, 0.25) is 0 Å². The van der Waals surface area contributed by atoms with E-state index >= 15 is 0 Å². The lowest BCUT2D eigenvalue weighted by molar-refractivity contribution is -0.149. The minimum atomic E-state index is -0.883. The van der Waals surface area contributed by atoms with Crippen LogP contribution >= 0.6 is 0 Å². The molecule has 0 bridgehead atoms. The molecule has 0 aliphatic rings. The van der Waals surface area contributed by atoms with Gasteiger partial charge in [0.15, 0.2) is 0 Å². The maximum atomic E-state index is 11.1. The summed E-state index contributed by atoms with van der Waals surface area (Å²) in [6, 6.07) is 0. The van der Waals surface area contributed by atoms with E-state index in [1.165, 1.54) is 10.8 Å². The zero-order chi connectivity index (χ0) is 10.8. The van der Waals surface area contributed by atoms with Crippen molar-refractivity contribution >= 4 is 5.97 Å². The Balaban J connectivity index is 2.91. The average molecular weight is 198 g/mol. The van der Waals surface area contributed by atoms with Gasteiger partial charge in [-0.05, 0) is 13.3 Å². The van der Waals surface area contributed by atoms with E-state index in [-0.39, 0.29) is 12.2 Å². The van der Waals surface area contributed by atoms with Crippen LogP contribution in [-0.2, 0) is 11.3 Å². The molecule has 2 N–H and O–H groups in total. The minimum absolute atomic E-state index is 0.196. The first kappa shape index (κ1) is 10.6. The number of rotatable bonds is 4. The molecule has 0 aliphatic heterocycles. The Morgan fingerprint density at radius 1 is 1.71 bits per heavy atom. The Kier molecular flexibility index (Phi) is 2.78. The van der Waals surface area contributed by atoms with E-state index in [1.807, 2.05) is 0 Å². The van der Waals surface area contributed by atoms with Gasteiger partial charge in [0.1, 0.15) is 0 Å². The lowest BCUT2D eigenvalue weighted by Crippen LogP contribution is -2.34. The summed E-state index contributed by atoms with van der Waals surface area (Å²) < 4.78 is 1.37. The maximum absolute atomic E-state index is 11.1. The van der Waals surface area contributed by atoms with Crippen molar-refractivity contribution in [3.05, 3.63) is 22.9 Å². The number of hydrogen-bond donors (Lipinski definition) is 2. The van der Waals surface area contributed by atoms with Crippen molar-refractivity contribution in [1.29, 1.82) is 0 Å². The first-order valence-electron chi connectivity index (χ1n) is 4.47. The molecule has 0 saturated heterocycles.